The van der Waals surface area contributed by atoms with Crippen molar-refractivity contribution in [3.05, 3.63) is 35.9 Å². The van der Waals surface area contributed by atoms with Crippen molar-refractivity contribution in [3.8, 4) is 0 Å². The number of carbonyl (C=O) groups is 4. The van der Waals surface area contributed by atoms with Gasteiger partial charge in [0.25, 0.3) is 5.91 Å². The van der Waals surface area contributed by atoms with Crippen LogP contribution in [0, 0.1) is 17.8 Å². The van der Waals surface area contributed by atoms with Gasteiger partial charge in [0, 0.05) is 27.3 Å². The summed E-state index contributed by atoms with van der Waals surface area (Å²) in [5, 5.41) is 21.9. The van der Waals surface area contributed by atoms with Gasteiger partial charge in [0.15, 0.2) is 0 Å². The van der Waals surface area contributed by atoms with Crippen LogP contribution in [0.2, 0.25) is 0 Å². The van der Waals surface area contributed by atoms with Gasteiger partial charge < -0.3 is 49.5 Å². The maximum absolute atomic E-state index is 13.8. The van der Waals surface area contributed by atoms with E-state index in [-0.39, 0.29) is 57.1 Å². The first-order chi connectivity index (χ1) is 26.4. The fraction of sp³-hybridized carbons (Fsp3) is 0.744. The molecule has 0 heterocycles. The maximum Gasteiger partial charge on any atom is 0.407 e. The largest absolute Gasteiger partial charge is 0.447 e. The number of methoxy groups -OCH3 is 2. The third-order valence-corrected chi connectivity index (χ3v) is 9.20. The molecule has 0 saturated heterocycles. The van der Waals surface area contributed by atoms with Crippen molar-refractivity contribution in [1.29, 1.82) is 0 Å². The van der Waals surface area contributed by atoms with Gasteiger partial charge in [0.2, 0.25) is 5.91 Å². The lowest BCUT2D eigenvalue weighted by molar-refractivity contribution is -0.131. The second kappa shape index (κ2) is 27.9. The second-order valence-corrected chi connectivity index (χ2v) is 14.5. The summed E-state index contributed by atoms with van der Waals surface area (Å²) >= 11 is 0. The van der Waals surface area contributed by atoms with E-state index in [4.69, 9.17) is 28.4 Å². The van der Waals surface area contributed by atoms with E-state index in [2.05, 4.69) is 21.4 Å². The van der Waals surface area contributed by atoms with Crippen molar-refractivity contribution in [2.75, 3.05) is 80.2 Å². The van der Waals surface area contributed by atoms with E-state index in [1.165, 1.54) is 0 Å². The summed E-state index contributed by atoms with van der Waals surface area (Å²) in [5.41, 5.74) is 3.85. The highest BCUT2D eigenvalue weighted by Crippen LogP contribution is 2.24. The number of hydrogen-bond acceptors (Lipinski definition) is 12. The van der Waals surface area contributed by atoms with Gasteiger partial charge in [0.1, 0.15) is 25.3 Å². The summed E-state index contributed by atoms with van der Waals surface area (Å²) in [5.74, 6) is -1.26. The number of rotatable bonds is 27. The van der Waals surface area contributed by atoms with Crippen LogP contribution in [-0.2, 0) is 44.4 Å². The number of hydrogen-bond donors (Lipinski definition) is 5. The SMILES string of the molecule is COCCOCCOC(=O)N[C@H](C(=O)N[C@@H](Cc1ccccc1)[C@@H](O)CN(CC1CCCCC1)NC(=O)[C@@H](NC(=O)OCCOCCOC)C(C)C)C(C)C. The molecular weight excluding hydrogens is 714 g/mol. The molecule has 2 rings (SSSR count). The molecule has 1 aromatic rings. The second-order valence-electron chi connectivity index (χ2n) is 14.5. The Labute approximate surface area is 327 Å². The Hall–Kier alpha value is -3.54. The molecule has 55 heavy (non-hydrogen) atoms. The Kier molecular flexibility index (Phi) is 24.2. The molecule has 0 unspecified atom stereocenters. The van der Waals surface area contributed by atoms with E-state index in [1.54, 1.807) is 33.1 Å². The average Bonchev–Trinajstić information content (AvgIpc) is 3.15. The summed E-state index contributed by atoms with van der Waals surface area (Å²) in [6, 6.07) is 6.76. The maximum atomic E-state index is 13.8. The third kappa shape index (κ3) is 20.3. The van der Waals surface area contributed by atoms with E-state index in [0.29, 0.717) is 33.0 Å². The number of hydrazine groups is 1. The highest BCUT2D eigenvalue weighted by Gasteiger charge is 2.33. The Morgan fingerprint density at radius 1 is 0.709 bits per heavy atom. The lowest BCUT2D eigenvalue weighted by Gasteiger charge is -2.35. The van der Waals surface area contributed by atoms with Crippen molar-refractivity contribution in [2.24, 2.45) is 17.8 Å². The highest BCUT2D eigenvalue weighted by atomic mass is 16.6. The van der Waals surface area contributed by atoms with Crippen LogP contribution in [0.5, 0.6) is 0 Å². The van der Waals surface area contributed by atoms with Gasteiger partial charge in [-0.15, -0.1) is 0 Å². The molecule has 5 N–H and O–H groups in total. The predicted molar refractivity (Wildman–Crippen MR) is 206 cm³/mol. The molecule has 1 aliphatic carbocycles. The van der Waals surface area contributed by atoms with Gasteiger partial charge in [-0.1, -0.05) is 77.3 Å². The van der Waals surface area contributed by atoms with Crippen molar-refractivity contribution in [1.82, 2.24) is 26.4 Å². The number of alkyl carbamates (subject to hydrolysis) is 2. The minimum atomic E-state index is -1.15. The van der Waals surface area contributed by atoms with Gasteiger partial charge in [-0.3, -0.25) is 15.0 Å². The van der Waals surface area contributed by atoms with Crippen molar-refractivity contribution < 1.29 is 52.7 Å². The van der Waals surface area contributed by atoms with Gasteiger partial charge in [-0.25, -0.2) is 14.6 Å². The normalized spacial score (nSPS) is 15.6. The lowest BCUT2D eigenvalue weighted by atomic mass is 9.89. The molecule has 1 saturated carbocycles. The summed E-state index contributed by atoms with van der Waals surface area (Å²) in [7, 11) is 3.13. The lowest BCUT2D eigenvalue weighted by Crippen LogP contribution is -2.60. The molecule has 0 bridgehead atoms. The topological polar surface area (TPSA) is 195 Å². The summed E-state index contributed by atoms with van der Waals surface area (Å²) in [4.78, 5) is 52.8. The molecule has 4 atom stereocenters. The van der Waals surface area contributed by atoms with Crippen LogP contribution < -0.4 is 21.4 Å². The quantitative estimate of drug-likeness (QED) is 0.0649. The Balaban J connectivity index is 2.19. The monoisotopic (exact) mass is 781 g/mol. The number of nitrogens with one attached hydrogen (secondary N) is 4. The molecule has 16 heteroatoms. The number of amides is 4. The van der Waals surface area contributed by atoms with Gasteiger partial charge >= 0.3 is 12.2 Å². The fourth-order valence-electron chi connectivity index (χ4n) is 6.13. The Morgan fingerprint density at radius 3 is 1.73 bits per heavy atom. The van der Waals surface area contributed by atoms with Crippen LogP contribution in [0.4, 0.5) is 9.59 Å². The first kappa shape index (κ1) is 47.6. The molecule has 314 valence electrons. The zero-order valence-electron chi connectivity index (χ0n) is 33.7. The standard InChI is InChI=1S/C39H67N5O11/c1-28(2)34(41-38(48)54-23-21-52-19-17-50-5)36(46)40-32(25-30-13-9-7-10-14-30)33(45)27-44(26-31-15-11-8-12-16-31)43-37(47)35(29(3)4)42-39(49)55-24-22-53-20-18-51-6/h7,9-10,13-14,28-29,31-35,45H,8,11-12,15-27H2,1-6H3,(H,40,46)(H,41,48)(H,42,49)(H,43,47)/t32-,33-,34-,35-/m0/s1. The highest BCUT2D eigenvalue weighted by molar-refractivity contribution is 5.86. The molecule has 1 aliphatic rings. The molecule has 16 nitrogen and oxygen atoms in total. The molecule has 0 aliphatic heterocycles. The summed E-state index contributed by atoms with van der Waals surface area (Å²) < 4.78 is 31.0. The summed E-state index contributed by atoms with van der Waals surface area (Å²) in [6.45, 7) is 9.63. The van der Waals surface area contributed by atoms with E-state index in [1.807, 2.05) is 44.2 Å². The number of ether oxygens (including phenoxy) is 6. The number of carbonyl (C=O) groups excluding carboxylic acids is 4. The molecular formula is C39H67N5O11. The molecule has 0 spiro atoms. The van der Waals surface area contributed by atoms with E-state index < -0.39 is 48.2 Å². The molecule has 0 aromatic heterocycles. The van der Waals surface area contributed by atoms with Crippen LogP contribution >= 0.6 is 0 Å². The van der Waals surface area contributed by atoms with Crippen molar-refractivity contribution >= 4 is 24.0 Å². The van der Waals surface area contributed by atoms with Gasteiger partial charge in [0.05, 0.1) is 51.8 Å². The molecule has 1 aromatic carbocycles. The molecule has 1 fully saturated rings. The fourth-order valence-corrected chi connectivity index (χ4v) is 6.13. The molecule has 4 amide bonds. The minimum Gasteiger partial charge on any atom is -0.447 e. The first-order valence-corrected chi connectivity index (χ1v) is 19.5. The number of aliphatic hydroxyl groups excluding tert-OH is 1. The Morgan fingerprint density at radius 2 is 1.22 bits per heavy atom. The van der Waals surface area contributed by atoms with Gasteiger partial charge in [-0.2, -0.15) is 0 Å². The van der Waals surface area contributed by atoms with Crippen LogP contribution in [0.25, 0.3) is 0 Å². The number of aliphatic hydroxyl groups is 1. The number of benzene rings is 1. The van der Waals surface area contributed by atoms with Gasteiger partial charge in [-0.05, 0) is 42.6 Å². The average molecular weight is 782 g/mol. The third-order valence-electron chi connectivity index (χ3n) is 9.20. The van der Waals surface area contributed by atoms with E-state index >= 15 is 0 Å². The minimum absolute atomic E-state index is 0.00147. The van der Waals surface area contributed by atoms with Crippen LogP contribution in [-0.4, -0.2) is 139 Å². The zero-order chi connectivity index (χ0) is 40.4. The summed E-state index contributed by atoms with van der Waals surface area (Å²) in [6.07, 6.45) is 2.88. The van der Waals surface area contributed by atoms with Crippen molar-refractivity contribution in [3.63, 3.8) is 0 Å². The number of nitrogens with zero attached hydrogens (tertiary/aromatic N) is 1. The van der Waals surface area contributed by atoms with Crippen LogP contribution in [0.3, 0.4) is 0 Å². The predicted octanol–water partition coefficient (Wildman–Crippen LogP) is 2.82. The Bertz CT molecular complexity index is 1220. The van der Waals surface area contributed by atoms with Crippen LogP contribution in [0.1, 0.15) is 65.4 Å². The molecule has 0 radical (unpaired) electrons. The smallest absolute Gasteiger partial charge is 0.407 e. The zero-order valence-corrected chi connectivity index (χ0v) is 33.7. The van der Waals surface area contributed by atoms with E-state index in [9.17, 15) is 24.3 Å². The van der Waals surface area contributed by atoms with Crippen molar-refractivity contribution in [2.45, 2.75) is 90.4 Å². The first-order valence-electron chi connectivity index (χ1n) is 19.5. The van der Waals surface area contributed by atoms with E-state index in [0.717, 1.165) is 37.7 Å². The van der Waals surface area contributed by atoms with Crippen LogP contribution in [0.15, 0.2) is 30.3 Å².